The Balaban J connectivity index is 1.76. The molecule has 6 nitrogen and oxygen atoms in total. The summed E-state index contributed by atoms with van der Waals surface area (Å²) >= 11 is 7.05. The minimum atomic E-state index is -0.291. The van der Waals surface area contributed by atoms with Crippen LogP contribution in [0.15, 0.2) is 12.4 Å². The normalized spacial score (nSPS) is 14.1. The van der Waals surface area contributed by atoms with Gasteiger partial charge in [0.05, 0.1) is 18.9 Å². The van der Waals surface area contributed by atoms with Crippen LogP contribution in [0, 0.1) is 0 Å². The summed E-state index contributed by atoms with van der Waals surface area (Å²) in [6, 6.07) is 0. The van der Waals surface area contributed by atoms with Gasteiger partial charge in [-0.15, -0.1) is 11.3 Å². The number of anilines is 1. The highest BCUT2D eigenvalue weighted by molar-refractivity contribution is 7.80. The number of nitrogens with zero attached hydrogens (tertiary/aromatic N) is 2. The molecule has 1 aliphatic rings. The van der Waals surface area contributed by atoms with Gasteiger partial charge in [-0.2, -0.15) is 5.10 Å². The quantitative estimate of drug-likeness (QED) is 0.614. The summed E-state index contributed by atoms with van der Waals surface area (Å²) in [5.41, 5.74) is 2.84. The van der Waals surface area contributed by atoms with Crippen molar-refractivity contribution in [2.24, 2.45) is 7.05 Å². The van der Waals surface area contributed by atoms with E-state index in [1.807, 2.05) is 13.2 Å². The van der Waals surface area contributed by atoms with Gasteiger partial charge < -0.3 is 15.4 Å². The summed E-state index contributed by atoms with van der Waals surface area (Å²) in [7, 11) is 3.31. The van der Waals surface area contributed by atoms with Crippen molar-refractivity contribution in [2.75, 3.05) is 12.4 Å². The smallest absolute Gasteiger partial charge is 0.341 e. The Kier molecular flexibility index (Phi) is 6.26. The first-order valence-electron chi connectivity index (χ1n) is 8.83. The van der Waals surface area contributed by atoms with Gasteiger partial charge in [0.1, 0.15) is 5.00 Å². The number of carbonyl (C=O) groups is 1. The van der Waals surface area contributed by atoms with E-state index in [4.69, 9.17) is 17.0 Å². The van der Waals surface area contributed by atoms with Gasteiger partial charge in [0.15, 0.2) is 5.11 Å². The fourth-order valence-electron chi connectivity index (χ4n) is 3.22. The lowest BCUT2D eigenvalue weighted by Gasteiger charge is -2.11. The number of methoxy groups -OCH3 is 1. The summed E-state index contributed by atoms with van der Waals surface area (Å²) in [6.07, 6.45) is 10.4. The van der Waals surface area contributed by atoms with E-state index >= 15 is 0 Å². The van der Waals surface area contributed by atoms with E-state index in [0.717, 1.165) is 41.8 Å². The number of aromatic nitrogens is 2. The van der Waals surface area contributed by atoms with E-state index in [2.05, 4.69) is 15.7 Å². The van der Waals surface area contributed by atoms with E-state index in [0.29, 0.717) is 17.2 Å². The van der Waals surface area contributed by atoms with Crippen LogP contribution in [0.4, 0.5) is 5.00 Å². The molecule has 0 saturated carbocycles. The SMILES string of the molecule is COC(=O)c1c(NC(=S)NCc2cnn(C)c2)sc2c1CCCCCC2. The van der Waals surface area contributed by atoms with Gasteiger partial charge in [-0.1, -0.05) is 12.8 Å². The van der Waals surface area contributed by atoms with Crippen LogP contribution in [0.1, 0.15) is 52.0 Å². The number of thiocarbonyl (C=S) groups is 1. The number of ether oxygens (including phenoxy) is 1. The second-order valence-electron chi connectivity index (χ2n) is 6.44. The third kappa shape index (κ3) is 4.42. The molecule has 26 heavy (non-hydrogen) atoms. The third-order valence-electron chi connectivity index (χ3n) is 4.50. The zero-order chi connectivity index (χ0) is 18.5. The van der Waals surface area contributed by atoms with Crippen molar-refractivity contribution in [3.8, 4) is 0 Å². The third-order valence-corrected chi connectivity index (χ3v) is 5.95. The van der Waals surface area contributed by atoms with Crippen molar-refractivity contribution >= 4 is 39.6 Å². The zero-order valence-electron chi connectivity index (χ0n) is 15.1. The van der Waals surface area contributed by atoms with Crippen molar-refractivity contribution in [3.63, 3.8) is 0 Å². The molecule has 1 aliphatic carbocycles. The largest absolute Gasteiger partial charge is 0.465 e. The zero-order valence-corrected chi connectivity index (χ0v) is 16.8. The average Bonchev–Trinajstić information content (AvgIpc) is 3.16. The van der Waals surface area contributed by atoms with Crippen LogP contribution >= 0.6 is 23.6 Å². The summed E-state index contributed by atoms with van der Waals surface area (Å²) in [4.78, 5) is 13.7. The van der Waals surface area contributed by atoms with E-state index in [1.54, 1.807) is 22.2 Å². The van der Waals surface area contributed by atoms with E-state index in [-0.39, 0.29) is 5.97 Å². The number of aryl methyl sites for hydroxylation is 2. The van der Waals surface area contributed by atoms with Gasteiger partial charge in [0.25, 0.3) is 0 Å². The standard InChI is InChI=1S/C18H24N4O2S2/c1-22-11-12(10-20-22)9-19-18(25)21-16-15(17(23)24-2)13-7-5-3-4-6-8-14(13)26-16/h10-11H,3-9H2,1-2H3,(H2,19,21,25). The number of hydrogen-bond donors (Lipinski definition) is 2. The van der Waals surface area contributed by atoms with Crippen LogP contribution < -0.4 is 10.6 Å². The molecule has 0 aromatic carbocycles. The molecule has 0 aliphatic heterocycles. The number of nitrogens with one attached hydrogen (secondary N) is 2. The highest BCUT2D eigenvalue weighted by Gasteiger charge is 2.25. The summed E-state index contributed by atoms with van der Waals surface area (Å²) < 4.78 is 6.79. The lowest BCUT2D eigenvalue weighted by Crippen LogP contribution is -2.28. The molecule has 0 bridgehead atoms. The Labute approximate surface area is 162 Å². The number of carbonyl (C=O) groups excluding carboxylic acids is 1. The molecule has 0 radical (unpaired) electrons. The fraction of sp³-hybridized carbons (Fsp3) is 0.500. The van der Waals surface area contributed by atoms with Crippen LogP contribution in [-0.2, 0) is 31.2 Å². The molecule has 2 aromatic rings. The van der Waals surface area contributed by atoms with Crippen molar-refractivity contribution in [1.82, 2.24) is 15.1 Å². The Morgan fingerprint density at radius 3 is 2.81 bits per heavy atom. The topological polar surface area (TPSA) is 68.2 Å². The maximum atomic E-state index is 12.4. The number of esters is 1. The minimum absolute atomic E-state index is 0.291. The Hall–Kier alpha value is -1.93. The molecule has 0 atom stereocenters. The molecule has 2 aromatic heterocycles. The maximum absolute atomic E-state index is 12.4. The molecule has 0 spiro atoms. The molecule has 140 valence electrons. The molecule has 2 N–H and O–H groups in total. The van der Waals surface area contributed by atoms with Gasteiger partial charge in [-0.25, -0.2) is 4.79 Å². The minimum Gasteiger partial charge on any atom is -0.465 e. The van der Waals surface area contributed by atoms with Gasteiger partial charge in [-0.3, -0.25) is 4.68 Å². The van der Waals surface area contributed by atoms with Crippen molar-refractivity contribution in [3.05, 3.63) is 34.0 Å². The molecular weight excluding hydrogens is 368 g/mol. The highest BCUT2D eigenvalue weighted by atomic mass is 32.1. The first kappa shape index (κ1) is 18.8. The maximum Gasteiger partial charge on any atom is 0.341 e. The van der Waals surface area contributed by atoms with Crippen molar-refractivity contribution in [1.29, 1.82) is 0 Å². The number of rotatable bonds is 4. The predicted octanol–water partition coefficient (Wildman–Crippen LogP) is 3.41. The Bertz CT molecular complexity index is 797. The Morgan fingerprint density at radius 1 is 1.35 bits per heavy atom. The average molecular weight is 393 g/mol. The van der Waals surface area contributed by atoms with E-state index in [1.165, 1.54) is 24.8 Å². The van der Waals surface area contributed by atoms with Crippen molar-refractivity contribution < 1.29 is 9.53 Å². The van der Waals surface area contributed by atoms with Crippen LogP contribution in [0.25, 0.3) is 0 Å². The van der Waals surface area contributed by atoms with Gasteiger partial charge in [-0.05, 0) is 43.5 Å². The fourth-order valence-corrected chi connectivity index (χ4v) is 4.74. The predicted molar refractivity (Wildman–Crippen MR) is 108 cm³/mol. The van der Waals surface area contributed by atoms with Crippen LogP contribution in [0.3, 0.4) is 0 Å². The summed E-state index contributed by atoms with van der Waals surface area (Å²) in [6.45, 7) is 0.582. The van der Waals surface area contributed by atoms with Crippen LogP contribution in [0.5, 0.6) is 0 Å². The number of hydrogen-bond acceptors (Lipinski definition) is 5. The first-order valence-corrected chi connectivity index (χ1v) is 10.1. The first-order chi connectivity index (χ1) is 12.6. The molecule has 3 rings (SSSR count). The van der Waals surface area contributed by atoms with Crippen LogP contribution in [0.2, 0.25) is 0 Å². The lowest BCUT2D eigenvalue weighted by molar-refractivity contribution is 0.0601. The molecule has 0 saturated heterocycles. The van der Waals surface area contributed by atoms with E-state index < -0.39 is 0 Å². The highest BCUT2D eigenvalue weighted by Crippen LogP contribution is 2.37. The summed E-state index contributed by atoms with van der Waals surface area (Å²) in [5, 5.41) is 11.8. The van der Waals surface area contributed by atoms with E-state index in [9.17, 15) is 4.79 Å². The van der Waals surface area contributed by atoms with Crippen LogP contribution in [-0.4, -0.2) is 28.0 Å². The molecule has 0 unspecified atom stereocenters. The van der Waals surface area contributed by atoms with Gasteiger partial charge in [0.2, 0.25) is 0 Å². The lowest BCUT2D eigenvalue weighted by atomic mass is 9.96. The molecule has 0 fully saturated rings. The monoisotopic (exact) mass is 392 g/mol. The summed E-state index contributed by atoms with van der Waals surface area (Å²) in [5.74, 6) is -0.291. The molecular formula is C18H24N4O2S2. The Morgan fingerprint density at radius 2 is 2.12 bits per heavy atom. The molecule has 0 amide bonds. The molecule has 8 heteroatoms. The second-order valence-corrected chi connectivity index (χ2v) is 7.96. The molecule has 2 heterocycles. The van der Waals surface area contributed by atoms with Crippen molar-refractivity contribution in [2.45, 2.75) is 45.1 Å². The second kappa shape index (κ2) is 8.64. The van der Waals surface area contributed by atoms with Gasteiger partial charge in [0, 0.05) is 30.2 Å². The number of thiophene rings is 1. The number of fused-ring (bicyclic) bond motifs is 1. The van der Waals surface area contributed by atoms with Gasteiger partial charge >= 0.3 is 5.97 Å².